The smallest absolute Gasteiger partial charge is 0.378 e. The van der Waals surface area contributed by atoms with Crippen LogP contribution in [0.15, 0.2) is 53.4 Å². The molecule has 0 bridgehead atoms. The van der Waals surface area contributed by atoms with Crippen molar-refractivity contribution in [2.24, 2.45) is 0 Å². The zero-order valence-electron chi connectivity index (χ0n) is 15.2. The second kappa shape index (κ2) is 7.69. The maximum atomic E-state index is 13.2. The first-order valence-electron chi connectivity index (χ1n) is 8.79. The molecule has 3 nitrogen and oxygen atoms in total. The molecule has 0 N–H and O–H groups in total. The number of hydrogen-bond donors (Lipinski definition) is 0. The lowest BCUT2D eigenvalue weighted by atomic mass is 9.93. The normalized spacial score (nSPS) is 23.5. The molecule has 1 saturated heterocycles. The molecule has 0 amide bonds. The zero-order valence-corrected chi connectivity index (χ0v) is 16.7. The summed E-state index contributed by atoms with van der Waals surface area (Å²) in [5.74, 6) is 0. The molecule has 3 rings (SSSR count). The number of halogens is 4. The quantitative estimate of drug-likeness (QED) is 0.657. The largest absolute Gasteiger partial charge is 0.416 e. The Labute approximate surface area is 167 Å². The van der Waals surface area contributed by atoms with E-state index in [-0.39, 0.29) is 30.4 Å². The molecule has 2 atom stereocenters. The minimum absolute atomic E-state index is 0.203. The van der Waals surface area contributed by atoms with Crippen LogP contribution in [0.25, 0.3) is 0 Å². The van der Waals surface area contributed by atoms with Crippen molar-refractivity contribution in [1.82, 2.24) is 0 Å². The Morgan fingerprint density at radius 1 is 1.18 bits per heavy atom. The molecule has 1 aliphatic heterocycles. The lowest BCUT2D eigenvalue weighted by molar-refractivity contribution is -0.137. The van der Waals surface area contributed by atoms with Gasteiger partial charge in [-0.3, -0.25) is 0 Å². The van der Waals surface area contributed by atoms with Gasteiger partial charge >= 0.3 is 6.18 Å². The van der Waals surface area contributed by atoms with Gasteiger partial charge in [0.2, 0.25) is 0 Å². The molecule has 1 fully saturated rings. The van der Waals surface area contributed by atoms with Gasteiger partial charge in [-0.15, -0.1) is 0 Å². The van der Waals surface area contributed by atoms with Crippen LogP contribution in [-0.4, -0.2) is 25.9 Å². The maximum Gasteiger partial charge on any atom is 0.416 e. The van der Waals surface area contributed by atoms with Crippen molar-refractivity contribution in [2.45, 2.75) is 48.1 Å². The van der Waals surface area contributed by atoms with Crippen molar-refractivity contribution >= 4 is 21.4 Å². The van der Waals surface area contributed by atoms with Crippen LogP contribution in [0.5, 0.6) is 0 Å². The molecule has 2 aromatic carbocycles. The summed E-state index contributed by atoms with van der Waals surface area (Å²) in [6.45, 7) is 1.81. The highest BCUT2D eigenvalue weighted by atomic mass is 35.5. The van der Waals surface area contributed by atoms with E-state index < -0.39 is 26.3 Å². The summed E-state index contributed by atoms with van der Waals surface area (Å²) in [5.41, 5.74) is -0.0166. The first-order valence-corrected chi connectivity index (χ1v) is 10.7. The van der Waals surface area contributed by atoms with Gasteiger partial charge in [0.15, 0.2) is 9.84 Å². The Balaban J connectivity index is 1.85. The van der Waals surface area contributed by atoms with Gasteiger partial charge in [0.05, 0.1) is 21.3 Å². The third kappa shape index (κ3) is 4.36. The van der Waals surface area contributed by atoms with Crippen LogP contribution in [-0.2, 0) is 27.2 Å². The van der Waals surface area contributed by atoms with Crippen LogP contribution in [0, 0.1) is 0 Å². The number of hydrogen-bond acceptors (Lipinski definition) is 3. The van der Waals surface area contributed by atoms with Crippen molar-refractivity contribution in [3.05, 3.63) is 64.7 Å². The number of ether oxygens (including phenoxy) is 1. The fraction of sp³-hybridized carbons (Fsp3) is 0.400. The Hall–Kier alpha value is -1.57. The predicted molar refractivity (Wildman–Crippen MR) is 101 cm³/mol. The molecule has 28 heavy (non-hydrogen) atoms. The second-order valence-electron chi connectivity index (χ2n) is 7.26. The second-order valence-corrected chi connectivity index (χ2v) is 10.2. The molecule has 0 unspecified atom stereocenters. The van der Waals surface area contributed by atoms with E-state index in [0.29, 0.717) is 17.5 Å². The number of alkyl halides is 3. The maximum absolute atomic E-state index is 13.2. The Bertz CT molecular complexity index is 942. The van der Waals surface area contributed by atoms with E-state index in [2.05, 4.69) is 0 Å². The van der Waals surface area contributed by atoms with E-state index in [1.54, 1.807) is 19.1 Å². The van der Waals surface area contributed by atoms with Crippen LogP contribution in [0.4, 0.5) is 13.2 Å². The number of benzene rings is 2. The van der Waals surface area contributed by atoms with E-state index in [0.717, 1.165) is 17.7 Å². The molecule has 8 heteroatoms. The van der Waals surface area contributed by atoms with Gasteiger partial charge in [0.25, 0.3) is 0 Å². The van der Waals surface area contributed by atoms with Crippen LogP contribution in [0.2, 0.25) is 5.02 Å². The fourth-order valence-electron chi connectivity index (χ4n) is 3.47. The van der Waals surface area contributed by atoms with Crippen molar-refractivity contribution < 1.29 is 26.3 Å². The summed E-state index contributed by atoms with van der Waals surface area (Å²) in [5, 5.41) is 0.602. The molecule has 0 radical (unpaired) electrons. The average Bonchev–Trinajstić information content (AvgIpc) is 2.63. The van der Waals surface area contributed by atoms with E-state index in [1.165, 1.54) is 6.07 Å². The molecule has 2 aromatic rings. The van der Waals surface area contributed by atoms with Gasteiger partial charge in [-0.2, -0.15) is 13.2 Å². The molecule has 1 aliphatic rings. The summed E-state index contributed by atoms with van der Waals surface area (Å²) in [7, 11) is -3.98. The molecule has 152 valence electrons. The SMILES string of the molecule is C[C@@]1(S(=O)(=O)c2cccc(C(F)(F)F)c2)CCO[C@H](Cc2ccc(Cl)cc2)C1. The van der Waals surface area contributed by atoms with E-state index in [1.807, 2.05) is 12.1 Å². The van der Waals surface area contributed by atoms with Gasteiger partial charge in [-0.1, -0.05) is 29.8 Å². The molecule has 0 aliphatic carbocycles. The lowest BCUT2D eigenvalue weighted by Crippen LogP contribution is -2.45. The average molecular weight is 433 g/mol. The summed E-state index contributed by atoms with van der Waals surface area (Å²) >= 11 is 5.88. The minimum atomic E-state index is -4.60. The topological polar surface area (TPSA) is 43.4 Å². The first-order chi connectivity index (χ1) is 13.0. The van der Waals surface area contributed by atoms with E-state index >= 15 is 0 Å². The first kappa shape index (κ1) is 21.1. The summed E-state index contributed by atoms with van der Waals surface area (Å²) in [6, 6.07) is 11.1. The van der Waals surface area contributed by atoms with Crippen LogP contribution < -0.4 is 0 Å². The van der Waals surface area contributed by atoms with Crippen molar-refractivity contribution in [2.75, 3.05) is 6.61 Å². The monoisotopic (exact) mass is 432 g/mol. The van der Waals surface area contributed by atoms with Crippen LogP contribution in [0.3, 0.4) is 0 Å². The van der Waals surface area contributed by atoms with Crippen LogP contribution >= 0.6 is 11.6 Å². The summed E-state index contributed by atoms with van der Waals surface area (Å²) in [4.78, 5) is -0.308. The summed E-state index contributed by atoms with van der Waals surface area (Å²) < 4.78 is 69.9. The summed E-state index contributed by atoms with van der Waals surface area (Å²) in [6.07, 6.45) is -4.01. The van der Waals surface area contributed by atoms with E-state index in [4.69, 9.17) is 16.3 Å². The van der Waals surface area contributed by atoms with Gasteiger partial charge in [0.1, 0.15) is 0 Å². The fourth-order valence-corrected chi connectivity index (χ4v) is 5.46. The highest BCUT2D eigenvalue weighted by Crippen LogP contribution is 2.39. The highest BCUT2D eigenvalue weighted by Gasteiger charge is 2.45. The minimum Gasteiger partial charge on any atom is -0.378 e. The van der Waals surface area contributed by atoms with Crippen molar-refractivity contribution in [3.8, 4) is 0 Å². The Morgan fingerprint density at radius 3 is 2.50 bits per heavy atom. The third-order valence-corrected chi connectivity index (χ3v) is 7.94. The number of sulfone groups is 1. The highest BCUT2D eigenvalue weighted by molar-refractivity contribution is 7.92. The van der Waals surface area contributed by atoms with Crippen molar-refractivity contribution in [3.63, 3.8) is 0 Å². The zero-order chi connectivity index (χ0) is 20.6. The molecule has 0 saturated carbocycles. The molecule has 0 aromatic heterocycles. The number of rotatable bonds is 4. The van der Waals surface area contributed by atoms with Gasteiger partial charge in [0, 0.05) is 11.6 Å². The lowest BCUT2D eigenvalue weighted by Gasteiger charge is -2.37. The van der Waals surface area contributed by atoms with Gasteiger partial charge < -0.3 is 4.74 Å². The predicted octanol–water partition coefficient (Wildman–Crippen LogP) is 5.31. The van der Waals surface area contributed by atoms with E-state index in [9.17, 15) is 21.6 Å². The van der Waals surface area contributed by atoms with Gasteiger partial charge in [-0.25, -0.2) is 8.42 Å². The third-order valence-electron chi connectivity index (χ3n) is 5.14. The Morgan fingerprint density at radius 2 is 1.86 bits per heavy atom. The Kier molecular flexibility index (Phi) is 5.81. The molecular formula is C20H20ClF3O3S. The standard InChI is InChI=1S/C20H20ClF3O3S/c1-19(28(25,26)18-4-2-3-15(12-18)20(22,23)24)9-10-27-17(13-19)11-14-5-7-16(21)8-6-14/h2-8,12,17H,9-11,13H2,1H3/t17-,19-/m1/s1. The van der Waals surface area contributed by atoms with Crippen molar-refractivity contribution in [1.29, 1.82) is 0 Å². The van der Waals surface area contributed by atoms with Crippen LogP contribution in [0.1, 0.15) is 30.9 Å². The van der Waals surface area contributed by atoms with Gasteiger partial charge in [-0.05, 0) is 62.1 Å². The molecule has 1 heterocycles. The molecule has 0 spiro atoms. The molecular weight excluding hydrogens is 413 g/mol.